The molecule has 1 amide bonds. The van der Waals surface area contributed by atoms with Crippen LogP contribution in [0.3, 0.4) is 0 Å². The van der Waals surface area contributed by atoms with Gasteiger partial charge in [0.1, 0.15) is 5.82 Å². The molecule has 0 radical (unpaired) electrons. The van der Waals surface area contributed by atoms with Crippen molar-refractivity contribution in [3.63, 3.8) is 0 Å². The number of nitrogens with one attached hydrogen (secondary N) is 3. The second kappa shape index (κ2) is 7.03. The minimum absolute atomic E-state index is 0.0241. The smallest absolute Gasteiger partial charge is 0.264 e. The molecule has 1 saturated heterocycles. The van der Waals surface area contributed by atoms with Crippen molar-refractivity contribution in [3.05, 3.63) is 58.5 Å². The van der Waals surface area contributed by atoms with Gasteiger partial charge in [-0.05, 0) is 30.5 Å². The fraction of sp³-hybridized carbons (Fsp3) is 0.316. The first kappa shape index (κ1) is 16.4. The summed E-state index contributed by atoms with van der Waals surface area (Å²) in [5.74, 6) is 0.760. The maximum absolute atomic E-state index is 12.5. The van der Waals surface area contributed by atoms with Crippen LogP contribution in [0.1, 0.15) is 18.4 Å². The van der Waals surface area contributed by atoms with E-state index in [2.05, 4.69) is 25.4 Å². The van der Waals surface area contributed by atoms with Gasteiger partial charge in [0.2, 0.25) is 5.91 Å². The van der Waals surface area contributed by atoms with Crippen LogP contribution in [0.25, 0.3) is 10.9 Å². The molecular weight excluding hydrogens is 330 g/mol. The summed E-state index contributed by atoms with van der Waals surface area (Å²) >= 11 is 0. The molecule has 7 heteroatoms. The molecular formula is C19H21N5O2. The fourth-order valence-corrected chi connectivity index (χ4v) is 3.55. The van der Waals surface area contributed by atoms with Crippen molar-refractivity contribution in [1.29, 1.82) is 0 Å². The number of anilines is 1. The highest BCUT2D eigenvalue weighted by Crippen LogP contribution is 2.19. The van der Waals surface area contributed by atoms with Gasteiger partial charge >= 0.3 is 0 Å². The van der Waals surface area contributed by atoms with Gasteiger partial charge in [0.25, 0.3) is 5.56 Å². The number of nitrogens with zero attached hydrogens (tertiary/aromatic N) is 2. The van der Waals surface area contributed by atoms with Crippen molar-refractivity contribution in [1.82, 2.24) is 20.5 Å². The van der Waals surface area contributed by atoms with E-state index >= 15 is 0 Å². The Morgan fingerprint density at radius 2 is 2.15 bits per heavy atom. The molecule has 1 atom stereocenters. The Hall–Kier alpha value is -3.09. The molecule has 3 N–H and O–H groups in total. The van der Waals surface area contributed by atoms with Crippen LogP contribution in [0, 0.1) is 0 Å². The van der Waals surface area contributed by atoms with Gasteiger partial charge in [0, 0.05) is 42.3 Å². The molecule has 1 unspecified atom stereocenters. The van der Waals surface area contributed by atoms with Crippen molar-refractivity contribution in [2.24, 2.45) is 0 Å². The van der Waals surface area contributed by atoms with Crippen molar-refractivity contribution in [3.8, 4) is 0 Å². The van der Waals surface area contributed by atoms with Crippen LogP contribution >= 0.6 is 0 Å². The van der Waals surface area contributed by atoms with E-state index in [1.54, 1.807) is 6.07 Å². The number of para-hydroxylation sites is 1. The number of hydrogen-bond acceptors (Lipinski definition) is 4. The molecule has 3 heterocycles. The third-order valence-corrected chi connectivity index (χ3v) is 4.80. The zero-order valence-electron chi connectivity index (χ0n) is 14.4. The number of H-pyrrole nitrogens is 2. The monoisotopic (exact) mass is 351 g/mol. The van der Waals surface area contributed by atoms with E-state index in [-0.39, 0.29) is 17.5 Å². The molecule has 26 heavy (non-hydrogen) atoms. The van der Waals surface area contributed by atoms with Crippen LogP contribution in [0.5, 0.6) is 0 Å². The predicted octanol–water partition coefficient (Wildman–Crippen LogP) is 1.58. The van der Waals surface area contributed by atoms with E-state index in [1.807, 2.05) is 30.5 Å². The Morgan fingerprint density at radius 3 is 3.00 bits per heavy atom. The Balaban J connectivity index is 1.39. The highest BCUT2D eigenvalue weighted by atomic mass is 16.1. The zero-order valence-corrected chi connectivity index (χ0v) is 14.4. The number of fused-ring (bicyclic) bond motifs is 1. The second-order valence-corrected chi connectivity index (χ2v) is 6.67. The Labute approximate surface area is 150 Å². The molecule has 0 aliphatic carbocycles. The highest BCUT2D eigenvalue weighted by Gasteiger charge is 2.22. The summed E-state index contributed by atoms with van der Waals surface area (Å²) < 4.78 is 0. The standard InChI is InChI=1S/C19H21N5O2/c25-18-8-7-17(22-23-18)24-9-3-4-14(12-24)21-19(26)10-13-11-20-16-6-2-1-5-15(13)16/h1-2,5-8,11,14,20H,3-4,9-10,12H2,(H,21,26)(H,23,25). The summed E-state index contributed by atoms with van der Waals surface area (Å²) in [7, 11) is 0. The SMILES string of the molecule is O=C(Cc1c[nH]c2ccccc12)NC1CCCN(c2ccc(=O)[nH]n2)C1. The van der Waals surface area contributed by atoms with Gasteiger partial charge in [-0.15, -0.1) is 0 Å². The first-order valence-electron chi connectivity index (χ1n) is 8.84. The number of carbonyl (C=O) groups is 1. The normalized spacial score (nSPS) is 17.4. The van der Waals surface area contributed by atoms with Crippen LogP contribution in [-0.4, -0.2) is 40.2 Å². The van der Waals surface area contributed by atoms with E-state index in [9.17, 15) is 9.59 Å². The third-order valence-electron chi connectivity index (χ3n) is 4.80. The van der Waals surface area contributed by atoms with E-state index in [0.29, 0.717) is 13.0 Å². The van der Waals surface area contributed by atoms with Gasteiger partial charge in [-0.2, -0.15) is 5.10 Å². The van der Waals surface area contributed by atoms with Gasteiger partial charge in [0.15, 0.2) is 0 Å². The van der Waals surface area contributed by atoms with Crippen molar-refractivity contribution in [2.75, 3.05) is 18.0 Å². The lowest BCUT2D eigenvalue weighted by molar-refractivity contribution is -0.121. The van der Waals surface area contributed by atoms with Crippen LogP contribution in [-0.2, 0) is 11.2 Å². The molecule has 1 aliphatic heterocycles. The van der Waals surface area contributed by atoms with Gasteiger partial charge in [-0.25, -0.2) is 5.10 Å². The van der Waals surface area contributed by atoms with E-state index in [1.165, 1.54) is 6.07 Å². The average molecular weight is 351 g/mol. The third kappa shape index (κ3) is 3.46. The molecule has 3 aromatic rings. The molecule has 0 saturated carbocycles. The van der Waals surface area contributed by atoms with Crippen molar-refractivity contribution >= 4 is 22.6 Å². The summed E-state index contributed by atoms with van der Waals surface area (Å²) in [6, 6.07) is 11.3. The molecule has 1 aliphatic rings. The molecule has 134 valence electrons. The molecule has 1 fully saturated rings. The largest absolute Gasteiger partial charge is 0.361 e. The number of aromatic nitrogens is 3. The Bertz CT molecular complexity index is 957. The number of hydrogen-bond donors (Lipinski definition) is 3. The predicted molar refractivity (Wildman–Crippen MR) is 100 cm³/mol. The zero-order chi connectivity index (χ0) is 17.9. The number of piperidine rings is 1. The minimum atomic E-state index is -0.214. The maximum Gasteiger partial charge on any atom is 0.264 e. The summed E-state index contributed by atoms with van der Waals surface area (Å²) in [4.78, 5) is 29.0. The van der Waals surface area contributed by atoms with E-state index in [4.69, 9.17) is 0 Å². The Kier molecular flexibility index (Phi) is 4.43. The summed E-state index contributed by atoms with van der Waals surface area (Å²) in [5.41, 5.74) is 1.84. The average Bonchev–Trinajstić information content (AvgIpc) is 3.05. The maximum atomic E-state index is 12.5. The molecule has 4 rings (SSSR count). The first-order chi connectivity index (χ1) is 12.7. The number of benzene rings is 1. The quantitative estimate of drug-likeness (QED) is 0.665. The van der Waals surface area contributed by atoms with Crippen LogP contribution in [0.15, 0.2) is 47.4 Å². The number of rotatable bonds is 4. The lowest BCUT2D eigenvalue weighted by Gasteiger charge is -2.33. The highest BCUT2D eigenvalue weighted by molar-refractivity contribution is 5.88. The summed E-state index contributed by atoms with van der Waals surface area (Å²) in [6.45, 7) is 1.56. The lowest BCUT2D eigenvalue weighted by Crippen LogP contribution is -2.48. The van der Waals surface area contributed by atoms with Crippen molar-refractivity contribution in [2.45, 2.75) is 25.3 Å². The van der Waals surface area contributed by atoms with Crippen LogP contribution in [0.4, 0.5) is 5.82 Å². The number of carbonyl (C=O) groups excluding carboxylic acids is 1. The number of aromatic amines is 2. The minimum Gasteiger partial charge on any atom is -0.361 e. The van der Waals surface area contributed by atoms with Gasteiger partial charge in [-0.1, -0.05) is 18.2 Å². The van der Waals surface area contributed by atoms with E-state index in [0.717, 1.165) is 41.7 Å². The van der Waals surface area contributed by atoms with E-state index < -0.39 is 0 Å². The molecule has 0 spiro atoms. The van der Waals surface area contributed by atoms with Crippen molar-refractivity contribution < 1.29 is 4.79 Å². The first-order valence-corrected chi connectivity index (χ1v) is 8.84. The topological polar surface area (TPSA) is 93.9 Å². The summed E-state index contributed by atoms with van der Waals surface area (Å²) in [6.07, 6.45) is 4.18. The van der Waals surface area contributed by atoms with Gasteiger partial charge in [-0.3, -0.25) is 9.59 Å². The van der Waals surface area contributed by atoms with Gasteiger partial charge in [0.05, 0.1) is 6.42 Å². The van der Waals surface area contributed by atoms with Gasteiger partial charge < -0.3 is 15.2 Å². The summed E-state index contributed by atoms with van der Waals surface area (Å²) in [5, 5.41) is 10.8. The second-order valence-electron chi connectivity index (χ2n) is 6.67. The lowest BCUT2D eigenvalue weighted by atomic mass is 10.0. The number of amides is 1. The fourth-order valence-electron chi connectivity index (χ4n) is 3.55. The van der Waals surface area contributed by atoms with Crippen LogP contribution in [0.2, 0.25) is 0 Å². The molecule has 1 aromatic carbocycles. The Morgan fingerprint density at radius 1 is 1.27 bits per heavy atom. The molecule has 2 aromatic heterocycles. The van der Waals surface area contributed by atoms with Crippen LogP contribution < -0.4 is 15.8 Å². The molecule has 7 nitrogen and oxygen atoms in total. The molecule has 0 bridgehead atoms.